The number of hydrazone groups is 1. The van der Waals surface area contributed by atoms with Crippen molar-refractivity contribution in [2.45, 2.75) is 37.9 Å². The van der Waals surface area contributed by atoms with E-state index < -0.39 is 10.3 Å². The molecule has 2 aliphatic rings. The van der Waals surface area contributed by atoms with Crippen LogP contribution >= 0.6 is 23.5 Å². The van der Waals surface area contributed by atoms with Gasteiger partial charge >= 0.3 is 11.9 Å². The molecule has 1 aromatic carbocycles. The van der Waals surface area contributed by atoms with Gasteiger partial charge in [-0.2, -0.15) is 5.10 Å². The highest BCUT2D eigenvalue weighted by molar-refractivity contribution is 8.28. The standard InChI is InChI=1S/C20H25N3O4S2/c1-6-8-15-16(18(24)27-7-2)28-20(22(15)4)23(14-11-9-13(3)10-12-14)21-17(29-20)19(25)26-5/h9-12H,6-8H2,1-5H3. The van der Waals surface area contributed by atoms with Crippen molar-refractivity contribution in [3.8, 4) is 0 Å². The first-order chi connectivity index (χ1) is 13.9. The van der Waals surface area contributed by atoms with E-state index in [4.69, 9.17) is 9.47 Å². The van der Waals surface area contributed by atoms with Crippen LogP contribution in [0.2, 0.25) is 0 Å². The number of carbonyl (C=O) groups is 2. The number of thioether (sulfide) groups is 2. The first-order valence-corrected chi connectivity index (χ1v) is 11.1. The van der Waals surface area contributed by atoms with Crippen molar-refractivity contribution in [2.24, 2.45) is 5.10 Å². The zero-order valence-electron chi connectivity index (χ0n) is 17.2. The lowest BCUT2D eigenvalue weighted by Crippen LogP contribution is -2.47. The first-order valence-electron chi connectivity index (χ1n) is 9.43. The van der Waals surface area contributed by atoms with Gasteiger partial charge in [0.15, 0.2) is 0 Å². The van der Waals surface area contributed by atoms with Crippen LogP contribution in [0.25, 0.3) is 0 Å². The SMILES string of the molecule is CCCC1=C(C(=O)OCC)SC2(SC(C(=O)OC)=NN2c2ccc(C)cc2)N1C. The third kappa shape index (κ3) is 3.85. The van der Waals surface area contributed by atoms with Crippen LogP contribution in [0.5, 0.6) is 0 Å². The molecule has 0 radical (unpaired) electrons. The number of methoxy groups -OCH3 is 1. The Bertz CT molecular complexity index is 869. The molecule has 0 aliphatic carbocycles. The number of rotatable bonds is 6. The Kier molecular flexibility index (Phi) is 6.48. The van der Waals surface area contributed by atoms with Crippen molar-refractivity contribution in [1.29, 1.82) is 0 Å². The van der Waals surface area contributed by atoms with Gasteiger partial charge in [0.1, 0.15) is 4.91 Å². The number of allylic oxidation sites excluding steroid dienone is 1. The fraction of sp³-hybridized carbons (Fsp3) is 0.450. The molecule has 1 atom stereocenters. The second kappa shape index (κ2) is 8.71. The second-order valence-corrected chi connectivity index (χ2v) is 9.20. The fourth-order valence-corrected chi connectivity index (χ4v) is 6.07. The summed E-state index contributed by atoms with van der Waals surface area (Å²) in [6.07, 6.45) is 1.59. The molecule has 29 heavy (non-hydrogen) atoms. The summed E-state index contributed by atoms with van der Waals surface area (Å²) in [4.78, 5) is 27.6. The molecule has 9 heteroatoms. The van der Waals surface area contributed by atoms with E-state index >= 15 is 0 Å². The summed E-state index contributed by atoms with van der Waals surface area (Å²) >= 11 is 2.64. The molecule has 7 nitrogen and oxygen atoms in total. The van der Waals surface area contributed by atoms with Crippen molar-refractivity contribution < 1.29 is 19.1 Å². The molecule has 0 fully saturated rings. The van der Waals surface area contributed by atoms with Crippen LogP contribution < -0.4 is 5.01 Å². The van der Waals surface area contributed by atoms with Gasteiger partial charge in [0.05, 0.1) is 19.4 Å². The van der Waals surface area contributed by atoms with Crippen LogP contribution in [0.3, 0.4) is 0 Å². The summed E-state index contributed by atoms with van der Waals surface area (Å²) in [5, 5.41) is 6.61. The monoisotopic (exact) mass is 435 g/mol. The number of hydrogen-bond donors (Lipinski definition) is 0. The van der Waals surface area contributed by atoms with Gasteiger partial charge in [-0.3, -0.25) is 0 Å². The van der Waals surface area contributed by atoms with Crippen molar-refractivity contribution in [1.82, 2.24) is 4.90 Å². The van der Waals surface area contributed by atoms with Crippen LogP contribution in [0, 0.1) is 6.92 Å². The van der Waals surface area contributed by atoms with E-state index in [0.717, 1.165) is 29.8 Å². The quantitative estimate of drug-likeness (QED) is 0.623. The van der Waals surface area contributed by atoms with Crippen LogP contribution in [0.15, 0.2) is 40.0 Å². The summed E-state index contributed by atoms with van der Waals surface area (Å²) in [6, 6.07) is 7.90. The lowest BCUT2D eigenvalue weighted by Gasteiger charge is -2.39. The van der Waals surface area contributed by atoms with Crippen molar-refractivity contribution in [3.63, 3.8) is 0 Å². The van der Waals surface area contributed by atoms with Crippen LogP contribution in [-0.2, 0) is 19.1 Å². The van der Waals surface area contributed by atoms with Gasteiger partial charge in [0, 0.05) is 12.7 Å². The van der Waals surface area contributed by atoms with Gasteiger partial charge < -0.3 is 14.4 Å². The molecule has 0 saturated carbocycles. The average Bonchev–Trinajstić information content (AvgIpc) is 3.23. The number of carbonyl (C=O) groups excluding carboxylic acids is 2. The van der Waals surface area contributed by atoms with Gasteiger partial charge in [-0.1, -0.05) is 42.8 Å². The van der Waals surface area contributed by atoms with E-state index in [2.05, 4.69) is 12.0 Å². The Morgan fingerprint density at radius 2 is 1.83 bits per heavy atom. The molecule has 0 amide bonds. The minimum Gasteiger partial charge on any atom is -0.464 e. The summed E-state index contributed by atoms with van der Waals surface area (Å²) in [6.45, 7) is 6.17. The minimum atomic E-state index is -0.842. The van der Waals surface area contributed by atoms with Gasteiger partial charge in [0.2, 0.25) is 9.37 Å². The highest BCUT2D eigenvalue weighted by Crippen LogP contribution is 2.59. The zero-order chi connectivity index (χ0) is 21.2. The molecule has 1 unspecified atom stereocenters. The Balaban J connectivity index is 2.07. The molecule has 1 spiro atoms. The molecular weight excluding hydrogens is 410 g/mol. The number of nitrogens with zero attached hydrogens (tertiary/aromatic N) is 3. The first kappa shape index (κ1) is 21.6. The molecule has 2 heterocycles. The van der Waals surface area contributed by atoms with E-state index in [1.54, 1.807) is 11.9 Å². The van der Waals surface area contributed by atoms with Crippen LogP contribution in [-0.4, -0.2) is 47.0 Å². The Morgan fingerprint density at radius 3 is 2.41 bits per heavy atom. The van der Waals surface area contributed by atoms with Crippen molar-refractivity contribution in [2.75, 3.05) is 25.8 Å². The fourth-order valence-electron chi connectivity index (χ4n) is 3.15. The Labute approximate surface area is 179 Å². The third-order valence-corrected chi connectivity index (χ3v) is 7.57. The van der Waals surface area contributed by atoms with Crippen LogP contribution in [0.1, 0.15) is 32.3 Å². The minimum absolute atomic E-state index is 0.244. The highest BCUT2D eigenvalue weighted by atomic mass is 32.2. The summed E-state index contributed by atoms with van der Waals surface area (Å²) < 4.78 is 9.37. The van der Waals surface area contributed by atoms with E-state index in [1.807, 2.05) is 43.1 Å². The summed E-state index contributed by atoms with van der Waals surface area (Å²) in [5.74, 6) is -0.847. The molecule has 156 valence electrons. The van der Waals surface area contributed by atoms with E-state index in [0.29, 0.717) is 11.5 Å². The number of ether oxygens (including phenoxy) is 2. The average molecular weight is 436 g/mol. The molecule has 0 bridgehead atoms. The number of hydrogen-bond acceptors (Lipinski definition) is 9. The zero-order valence-corrected chi connectivity index (χ0v) is 18.9. The second-order valence-electron chi connectivity index (χ2n) is 6.60. The maximum atomic E-state index is 12.7. The molecular formula is C20H25N3O4S2. The maximum Gasteiger partial charge on any atom is 0.365 e. The molecule has 0 N–H and O–H groups in total. The number of anilines is 1. The summed E-state index contributed by atoms with van der Waals surface area (Å²) in [5.41, 5.74) is 2.83. The Morgan fingerprint density at radius 1 is 1.14 bits per heavy atom. The topological polar surface area (TPSA) is 71.4 Å². The summed E-state index contributed by atoms with van der Waals surface area (Å²) in [7, 11) is 3.26. The van der Waals surface area contributed by atoms with Gasteiger partial charge in [-0.15, -0.1) is 0 Å². The highest BCUT2D eigenvalue weighted by Gasteiger charge is 2.57. The predicted molar refractivity (Wildman–Crippen MR) is 117 cm³/mol. The molecule has 0 aromatic heterocycles. The molecule has 3 rings (SSSR count). The van der Waals surface area contributed by atoms with Gasteiger partial charge in [-0.25, -0.2) is 14.6 Å². The van der Waals surface area contributed by atoms with E-state index in [1.165, 1.54) is 30.6 Å². The predicted octanol–water partition coefficient (Wildman–Crippen LogP) is 3.90. The lowest BCUT2D eigenvalue weighted by atomic mass is 10.2. The lowest BCUT2D eigenvalue weighted by molar-refractivity contribution is -0.137. The molecule has 2 aliphatic heterocycles. The van der Waals surface area contributed by atoms with E-state index in [-0.39, 0.29) is 11.0 Å². The third-order valence-electron chi connectivity index (χ3n) is 4.60. The smallest absolute Gasteiger partial charge is 0.365 e. The Hall–Kier alpha value is -2.13. The van der Waals surface area contributed by atoms with Gasteiger partial charge in [0.25, 0.3) is 0 Å². The molecule has 0 saturated heterocycles. The van der Waals surface area contributed by atoms with Crippen molar-refractivity contribution in [3.05, 3.63) is 40.4 Å². The maximum absolute atomic E-state index is 12.7. The number of esters is 2. The van der Waals surface area contributed by atoms with E-state index in [9.17, 15) is 9.59 Å². The number of benzene rings is 1. The van der Waals surface area contributed by atoms with Crippen molar-refractivity contribution >= 4 is 46.2 Å². The van der Waals surface area contributed by atoms with Gasteiger partial charge in [-0.05, 0) is 44.2 Å². The normalized spacial score (nSPS) is 21.1. The molecule has 1 aromatic rings. The number of aryl methyl sites for hydroxylation is 1. The largest absolute Gasteiger partial charge is 0.464 e. The van der Waals surface area contributed by atoms with Crippen LogP contribution in [0.4, 0.5) is 5.69 Å².